The molecule has 1 N–H and O–H groups in total. The lowest BCUT2D eigenvalue weighted by Crippen LogP contribution is -2.43. The van der Waals surface area contributed by atoms with Crippen molar-refractivity contribution in [1.82, 2.24) is 0 Å². The van der Waals surface area contributed by atoms with E-state index < -0.39 is 6.29 Å². The highest BCUT2D eigenvalue weighted by molar-refractivity contribution is 4.96. The van der Waals surface area contributed by atoms with E-state index in [9.17, 15) is 5.11 Å². The first-order valence-electron chi connectivity index (χ1n) is 5.99. The van der Waals surface area contributed by atoms with Crippen molar-refractivity contribution in [1.29, 1.82) is 0 Å². The standard InChI is InChI=1S/C13H24O2/c1-10(2)12(14)15-13(11(3)4)8-6-5-7-9-13/h11-12,14H,1,5-9H2,2-4H3. The van der Waals surface area contributed by atoms with Crippen molar-refractivity contribution in [2.75, 3.05) is 0 Å². The molecule has 0 radical (unpaired) electrons. The monoisotopic (exact) mass is 212 g/mol. The Kier molecular flexibility index (Phi) is 4.35. The maximum absolute atomic E-state index is 9.77. The van der Waals surface area contributed by atoms with Crippen molar-refractivity contribution in [3.8, 4) is 0 Å². The lowest BCUT2D eigenvalue weighted by atomic mass is 9.77. The van der Waals surface area contributed by atoms with Gasteiger partial charge in [0.25, 0.3) is 0 Å². The van der Waals surface area contributed by atoms with Gasteiger partial charge in [0.05, 0.1) is 5.60 Å². The Morgan fingerprint density at radius 1 is 1.27 bits per heavy atom. The Bertz CT molecular complexity index is 215. The summed E-state index contributed by atoms with van der Waals surface area (Å²) in [6.45, 7) is 9.90. The van der Waals surface area contributed by atoms with Gasteiger partial charge in [-0.25, -0.2) is 0 Å². The van der Waals surface area contributed by atoms with Crippen molar-refractivity contribution >= 4 is 0 Å². The highest BCUT2D eigenvalue weighted by atomic mass is 16.6. The Balaban J connectivity index is 2.68. The zero-order chi connectivity index (χ0) is 11.5. The minimum Gasteiger partial charge on any atom is -0.364 e. The molecular weight excluding hydrogens is 188 g/mol. The van der Waals surface area contributed by atoms with Gasteiger partial charge in [0, 0.05) is 0 Å². The largest absolute Gasteiger partial charge is 0.364 e. The van der Waals surface area contributed by atoms with E-state index in [0.717, 1.165) is 12.8 Å². The molecule has 1 fully saturated rings. The first-order chi connectivity index (χ1) is 6.98. The van der Waals surface area contributed by atoms with Gasteiger partial charge in [-0.2, -0.15) is 0 Å². The van der Waals surface area contributed by atoms with Crippen molar-refractivity contribution in [2.24, 2.45) is 5.92 Å². The third kappa shape index (κ3) is 3.05. The molecule has 0 aliphatic heterocycles. The fraction of sp³-hybridized carbons (Fsp3) is 0.846. The van der Waals surface area contributed by atoms with Crippen LogP contribution in [0.4, 0.5) is 0 Å². The van der Waals surface area contributed by atoms with Gasteiger partial charge in [-0.3, -0.25) is 0 Å². The van der Waals surface area contributed by atoms with Crippen LogP contribution < -0.4 is 0 Å². The lowest BCUT2D eigenvalue weighted by Gasteiger charge is -2.42. The first kappa shape index (κ1) is 12.7. The van der Waals surface area contributed by atoms with E-state index in [0.29, 0.717) is 11.5 Å². The van der Waals surface area contributed by atoms with Crippen LogP contribution in [0.2, 0.25) is 0 Å². The van der Waals surface area contributed by atoms with Crippen LogP contribution in [0, 0.1) is 5.92 Å². The summed E-state index contributed by atoms with van der Waals surface area (Å²) in [5.74, 6) is 0.451. The molecule has 0 heterocycles. The Labute approximate surface area is 93.3 Å². The minimum absolute atomic E-state index is 0.128. The van der Waals surface area contributed by atoms with E-state index in [1.54, 1.807) is 0 Å². The van der Waals surface area contributed by atoms with E-state index in [-0.39, 0.29) is 5.60 Å². The Morgan fingerprint density at radius 3 is 2.20 bits per heavy atom. The van der Waals surface area contributed by atoms with Crippen LogP contribution in [0.1, 0.15) is 52.9 Å². The second-order valence-electron chi connectivity index (χ2n) is 5.10. The first-order valence-corrected chi connectivity index (χ1v) is 5.99. The van der Waals surface area contributed by atoms with E-state index in [1.807, 2.05) is 6.92 Å². The molecule has 2 heteroatoms. The number of aliphatic hydroxyl groups is 1. The molecule has 1 atom stereocenters. The summed E-state index contributed by atoms with van der Waals surface area (Å²) in [6, 6.07) is 0. The zero-order valence-corrected chi connectivity index (χ0v) is 10.3. The van der Waals surface area contributed by atoms with Crippen molar-refractivity contribution in [3.63, 3.8) is 0 Å². The summed E-state index contributed by atoms with van der Waals surface area (Å²) in [5, 5.41) is 9.77. The second-order valence-corrected chi connectivity index (χ2v) is 5.10. The van der Waals surface area contributed by atoms with Crippen LogP contribution in [0.15, 0.2) is 12.2 Å². The van der Waals surface area contributed by atoms with E-state index in [4.69, 9.17) is 4.74 Å². The smallest absolute Gasteiger partial charge is 0.177 e. The average Bonchev–Trinajstić information content (AvgIpc) is 2.18. The molecule has 2 nitrogen and oxygen atoms in total. The van der Waals surface area contributed by atoms with Crippen LogP contribution >= 0.6 is 0 Å². The van der Waals surface area contributed by atoms with Crippen molar-refractivity contribution in [2.45, 2.75) is 64.8 Å². The Hall–Kier alpha value is -0.340. The molecule has 0 aromatic rings. The van der Waals surface area contributed by atoms with Gasteiger partial charge < -0.3 is 9.84 Å². The molecule has 0 bridgehead atoms. The third-order valence-electron chi connectivity index (χ3n) is 3.52. The SMILES string of the molecule is C=C(C)C(O)OC1(C(C)C)CCCCC1. The van der Waals surface area contributed by atoms with Gasteiger partial charge in [-0.05, 0) is 31.3 Å². The number of ether oxygens (including phenoxy) is 1. The van der Waals surface area contributed by atoms with Gasteiger partial charge in [0.1, 0.15) is 0 Å². The molecule has 1 saturated carbocycles. The molecule has 0 aromatic heterocycles. The molecule has 1 aliphatic carbocycles. The summed E-state index contributed by atoms with van der Waals surface area (Å²) >= 11 is 0. The van der Waals surface area contributed by atoms with Crippen LogP contribution in [0.5, 0.6) is 0 Å². The molecule has 15 heavy (non-hydrogen) atoms. The van der Waals surface area contributed by atoms with Crippen molar-refractivity contribution < 1.29 is 9.84 Å². The van der Waals surface area contributed by atoms with Gasteiger partial charge in [0.15, 0.2) is 6.29 Å². The minimum atomic E-state index is -0.800. The molecule has 1 aliphatic rings. The molecule has 1 rings (SSSR count). The van der Waals surface area contributed by atoms with Gasteiger partial charge in [-0.1, -0.05) is 39.7 Å². The third-order valence-corrected chi connectivity index (χ3v) is 3.52. The van der Waals surface area contributed by atoms with E-state index >= 15 is 0 Å². The fourth-order valence-corrected chi connectivity index (χ4v) is 2.30. The van der Waals surface area contributed by atoms with Crippen LogP contribution in [0.3, 0.4) is 0 Å². The van der Waals surface area contributed by atoms with Gasteiger partial charge in [-0.15, -0.1) is 0 Å². The second kappa shape index (κ2) is 5.13. The quantitative estimate of drug-likeness (QED) is 0.572. The molecular formula is C13H24O2. The van der Waals surface area contributed by atoms with E-state index in [1.165, 1.54) is 19.3 Å². The summed E-state index contributed by atoms with van der Waals surface area (Å²) in [6.07, 6.45) is 5.04. The van der Waals surface area contributed by atoms with Crippen LogP contribution in [0.25, 0.3) is 0 Å². The Morgan fingerprint density at radius 2 is 1.80 bits per heavy atom. The highest BCUT2D eigenvalue weighted by Crippen LogP contribution is 2.38. The molecule has 0 aromatic carbocycles. The van der Waals surface area contributed by atoms with Crippen molar-refractivity contribution in [3.05, 3.63) is 12.2 Å². The topological polar surface area (TPSA) is 29.5 Å². The predicted octanol–water partition coefficient (Wildman–Crippen LogP) is 3.26. The summed E-state index contributed by atoms with van der Waals surface area (Å²) in [5.41, 5.74) is 0.567. The summed E-state index contributed by atoms with van der Waals surface area (Å²) < 4.78 is 5.86. The van der Waals surface area contributed by atoms with Crippen LogP contribution in [-0.2, 0) is 4.74 Å². The maximum Gasteiger partial charge on any atom is 0.177 e. The number of hydrogen-bond acceptors (Lipinski definition) is 2. The lowest BCUT2D eigenvalue weighted by molar-refractivity contribution is -0.197. The number of hydrogen-bond donors (Lipinski definition) is 1. The molecule has 1 unspecified atom stereocenters. The fourth-order valence-electron chi connectivity index (χ4n) is 2.30. The van der Waals surface area contributed by atoms with Gasteiger partial charge >= 0.3 is 0 Å². The average molecular weight is 212 g/mol. The normalized spacial score (nSPS) is 22.7. The molecule has 0 spiro atoms. The summed E-state index contributed by atoms with van der Waals surface area (Å²) in [7, 11) is 0. The highest BCUT2D eigenvalue weighted by Gasteiger charge is 2.38. The maximum atomic E-state index is 9.77. The van der Waals surface area contributed by atoms with E-state index in [2.05, 4.69) is 20.4 Å². The molecule has 88 valence electrons. The zero-order valence-electron chi connectivity index (χ0n) is 10.3. The van der Waals surface area contributed by atoms with Crippen LogP contribution in [-0.4, -0.2) is 17.0 Å². The molecule has 0 amide bonds. The number of aliphatic hydroxyl groups excluding tert-OH is 1. The molecule has 0 saturated heterocycles. The number of rotatable bonds is 4. The predicted molar refractivity (Wildman–Crippen MR) is 62.6 cm³/mol. The van der Waals surface area contributed by atoms with Gasteiger partial charge in [0.2, 0.25) is 0 Å². The summed E-state index contributed by atoms with van der Waals surface area (Å²) in [4.78, 5) is 0.